The van der Waals surface area contributed by atoms with Crippen LogP contribution < -0.4 is 5.32 Å². The SMILES string of the molecule is CCOC(=O)c1sc(NC(=O)/C(C#N)=C/c2ccc(C(C)C)cc2)nc1C. The number of carbonyl (C=O) groups excluding carboxylic acids is 2. The van der Waals surface area contributed by atoms with E-state index in [1.165, 1.54) is 11.6 Å². The molecule has 0 saturated heterocycles. The van der Waals surface area contributed by atoms with Crippen molar-refractivity contribution in [2.75, 3.05) is 11.9 Å². The minimum absolute atomic E-state index is 0.0437. The maximum atomic E-state index is 12.4. The molecule has 1 N–H and O–H groups in total. The van der Waals surface area contributed by atoms with Gasteiger partial charge in [-0.1, -0.05) is 49.4 Å². The Balaban J connectivity index is 2.17. The number of hydrogen-bond donors (Lipinski definition) is 1. The third-order valence-electron chi connectivity index (χ3n) is 3.76. The monoisotopic (exact) mass is 383 g/mol. The van der Waals surface area contributed by atoms with E-state index < -0.39 is 11.9 Å². The molecule has 0 saturated carbocycles. The number of aryl methyl sites for hydroxylation is 1. The van der Waals surface area contributed by atoms with Gasteiger partial charge < -0.3 is 4.74 Å². The Morgan fingerprint density at radius 1 is 1.33 bits per heavy atom. The van der Waals surface area contributed by atoms with E-state index in [-0.39, 0.29) is 17.3 Å². The number of esters is 1. The van der Waals surface area contributed by atoms with Gasteiger partial charge in [0, 0.05) is 0 Å². The predicted molar refractivity (Wildman–Crippen MR) is 106 cm³/mol. The zero-order chi connectivity index (χ0) is 20.0. The van der Waals surface area contributed by atoms with E-state index in [0.29, 0.717) is 16.5 Å². The van der Waals surface area contributed by atoms with Crippen LogP contribution in [0, 0.1) is 18.3 Å². The molecule has 140 valence electrons. The van der Waals surface area contributed by atoms with Gasteiger partial charge in [0.05, 0.1) is 12.3 Å². The average Bonchev–Trinajstić information content (AvgIpc) is 3.00. The first-order valence-corrected chi connectivity index (χ1v) is 9.35. The topological polar surface area (TPSA) is 92.1 Å². The Hall–Kier alpha value is -2.98. The molecular formula is C20H21N3O3S. The number of benzene rings is 1. The average molecular weight is 383 g/mol. The van der Waals surface area contributed by atoms with Crippen molar-refractivity contribution in [1.82, 2.24) is 4.98 Å². The third-order valence-corrected chi connectivity index (χ3v) is 4.81. The van der Waals surface area contributed by atoms with Crippen LogP contribution in [0.1, 0.15) is 53.2 Å². The Bertz CT molecular complexity index is 906. The number of amides is 1. The van der Waals surface area contributed by atoms with Crippen LogP contribution in [0.4, 0.5) is 5.13 Å². The van der Waals surface area contributed by atoms with Crippen LogP contribution in [0.2, 0.25) is 0 Å². The summed E-state index contributed by atoms with van der Waals surface area (Å²) in [5, 5.41) is 12.1. The van der Waals surface area contributed by atoms with Gasteiger partial charge in [-0.15, -0.1) is 0 Å². The molecule has 7 heteroatoms. The molecule has 2 rings (SSSR count). The molecule has 0 atom stereocenters. The van der Waals surface area contributed by atoms with Crippen molar-refractivity contribution in [3.05, 3.63) is 51.5 Å². The summed E-state index contributed by atoms with van der Waals surface area (Å²) in [6.45, 7) is 7.83. The van der Waals surface area contributed by atoms with Crippen LogP contribution in [0.3, 0.4) is 0 Å². The zero-order valence-corrected chi connectivity index (χ0v) is 16.5. The van der Waals surface area contributed by atoms with Gasteiger partial charge in [0.2, 0.25) is 0 Å². The Morgan fingerprint density at radius 2 is 2.00 bits per heavy atom. The van der Waals surface area contributed by atoms with Gasteiger partial charge in [0.15, 0.2) is 5.13 Å². The molecule has 1 aromatic heterocycles. The van der Waals surface area contributed by atoms with Gasteiger partial charge in [0.1, 0.15) is 16.5 Å². The number of anilines is 1. The van der Waals surface area contributed by atoms with Crippen LogP contribution in [0.5, 0.6) is 0 Å². The lowest BCUT2D eigenvalue weighted by Gasteiger charge is -2.05. The maximum absolute atomic E-state index is 12.4. The molecular weight excluding hydrogens is 362 g/mol. The summed E-state index contributed by atoms with van der Waals surface area (Å²) >= 11 is 1.02. The highest BCUT2D eigenvalue weighted by Crippen LogP contribution is 2.24. The van der Waals surface area contributed by atoms with E-state index in [1.807, 2.05) is 30.3 Å². The van der Waals surface area contributed by atoms with E-state index in [4.69, 9.17) is 4.74 Å². The molecule has 1 heterocycles. The Labute approximate surface area is 162 Å². The third kappa shape index (κ3) is 5.25. The summed E-state index contributed by atoms with van der Waals surface area (Å²) < 4.78 is 4.96. The van der Waals surface area contributed by atoms with E-state index in [2.05, 4.69) is 24.1 Å². The summed E-state index contributed by atoms with van der Waals surface area (Å²) in [4.78, 5) is 28.7. The second kappa shape index (κ2) is 9.10. The van der Waals surface area contributed by atoms with Gasteiger partial charge in [-0.25, -0.2) is 9.78 Å². The van der Waals surface area contributed by atoms with E-state index in [9.17, 15) is 14.9 Å². The normalized spacial score (nSPS) is 11.2. The summed E-state index contributed by atoms with van der Waals surface area (Å²) in [5.41, 5.74) is 2.37. The summed E-state index contributed by atoms with van der Waals surface area (Å²) in [5.74, 6) is -0.646. The van der Waals surface area contributed by atoms with Gasteiger partial charge >= 0.3 is 5.97 Å². The number of thiazole rings is 1. The molecule has 0 radical (unpaired) electrons. The lowest BCUT2D eigenvalue weighted by atomic mass is 10.0. The minimum atomic E-state index is -0.574. The predicted octanol–water partition coefficient (Wildman–Crippen LogP) is 4.30. The van der Waals surface area contributed by atoms with Crippen molar-refractivity contribution in [3.63, 3.8) is 0 Å². The first-order valence-electron chi connectivity index (χ1n) is 8.53. The summed E-state index contributed by atoms with van der Waals surface area (Å²) in [6.07, 6.45) is 1.52. The largest absolute Gasteiger partial charge is 0.462 e. The highest BCUT2D eigenvalue weighted by molar-refractivity contribution is 7.17. The van der Waals surface area contributed by atoms with E-state index in [1.54, 1.807) is 13.8 Å². The maximum Gasteiger partial charge on any atom is 0.350 e. The van der Waals surface area contributed by atoms with Crippen LogP contribution >= 0.6 is 11.3 Å². The Morgan fingerprint density at radius 3 is 2.56 bits per heavy atom. The highest BCUT2D eigenvalue weighted by atomic mass is 32.1. The number of aromatic nitrogens is 1. The van der Waals surface area contributed by atoms with Crippen molar-refractivity contribution >= 4 is 34.4 Å². The number of nitriles is 1. The molecule has 27 heavy (non-hydrogen) atoms. The fourth-order valence-corrected chi connectivity index (χ4v) is 3.15. The minimum Gasteiger partial charge on any atom is -0.462 e. The number of carbonyl (C=O) groups is 2. The summed E-state index contributed by atoms with van der Waals surface area (Å²) in [7, 11) is 0. The molecule has 6 nitrogen and oxygen atoms in total. The second-order valence-electron chi connectivity index (χ2n) is 6.10. The molecule has 0 unspecified atom stereocenters. The standard InChI is InChI=1S/C20H21N3O3S/c1-5-26-19(25)17-13(4)22-20(27-17)23-18(24)16(11-21)10-14-6-8-15(9-7-14)12(2)3/h6-10,12H,5H2,1-4H3,(H,22,23,24)/b16-10+. The van der Waals surface area contributed by atoms with Gasteiger partial charge in [-0.3, -0.25) is 10.1 Å². The molecule has 0 aliphatic carbocycles. The number of ether oxygens (including phenoxy) is 1. The lowest BCUT2D eigenvalue weighted by molar-refractivity contribution is -0.112. The summed E-state index contributed by atoms with van der Waals surface area (Å²) in [6, 6.07) is 9.58. The fourth-order valence-electron chi connectivity index (χ4n) is 2.29. The molecule has 0 aliphatic heterocycles. The number of nitrogens with one attached hydrogen (secondary N) is 1. The van der Waals surface area contributed by atoms with Gasteiger partial charge in [-0.2, -0.15) is 5.26 Å². The molecule has 1 aromatic carbocycles. The lowest BCUT2D eigenvalue weighted by Crippen LogP contribution is -2.13. The quantitative estimate of drug-likeness (QED) is 0.456. The first kappa shape index (κ1) is 20.3. The highest BCUT2D eigenvalue weighted by Gasteiger charge is 2.18. The molecule has 0 bridgehead atoms. The van der Waals surface area contributed by atoms with E-state index in [0.717, 1.165) is 16.9 Å². The number of nitrogens with zero attached hydrogens (tertiary/aromatic N) is 2. The zero-order valence-electron chi connectivity index (χ0n) is 15.7. The smallest absolute Gasteiger partial charge is 0.350 e. The van der Waals surface area contributed by atoms with Crippen LogP contribution in [-0.4, -0.2) is 23.5 Å². The number of hydrogen-bond acceptors (Lipinski definition) is 6. The molecule has 0 fully saturated rings. The van der Waals surface area contributed by atoms with Gasteiger partial charge in [0.25, 0.3) is 5.91 Å². The molecule has 1 amide bonds. The van der Waals surface area contributed by atoms with Crippen molar-refractivity contribution in [2.45, 2.75) is 33.6 Å². The van der Waals surface area contributed by atoms with Crippen LogP contribution in [-0.2, 0) is 9.53 Å². The molecule has 2 aromatic rings. The second-order valence-corrected chi connectivity index (χ2v) is 7.10. The number of rotatable bonds is 6. The first-order chi connectivity index (χ1) is 12.8. The van der Waals surface area contributed by atoms with Crippen molar-refractivity contribution in [1.29, 1.82) is 5.26 Å². The van der Waals surface area contributed by atoms with Gasteiger partial charge in [-0.05, 0) is 37.0 Å². The molecule has 0 spiro atoms. The Kier molecular flexibility index (Phi) is 6.85. The van der Waals surface area contributed by atoms with Crippen molar-refractivity contribution in [2.24, 2.45) is 0 Å². The van der Waals surface area contributed by atoms with E-state index >= 15 is 0 Å². The van der Waals surface area contributed by atoms with Crippen LogP contribution in [0.25, 0.3) is 6.08 Å². The van der Waals surface area contributed by atoms with Crippen molar-refractivity contribution < 1.29 is 14.3 Å². The van der Waals surface area contributed by atoms with Crippen molar-refractivity contribution in [3.8, 4) is 6.07 Å². The van der Waals surface area contributed by atoms with Crippen LogP contribution in [0.15, 0.2) is 29.8 Å². The molecule has 0 aliphatic rings. The fraction of sp³-hybridized carbons (Fsp3) is 0.300.